The van der Waals surface area contributed by atoms with Gasteiger partial charge in [0.15, 0.2) is 10.9 Å². The van der Waals surface area contributed by atoms with Crippen LogP contribution in [0.4, 0.5) is 0 Å². The van der Waals surface area contributed by atoms with Gasteiger partial charge in [0.1, 0.15) is 5.75 Å². The second-order valence-electron chi connectivity index (χ2n) is 7.75. The number of thioether (sulfide) groups is 1. The van der Waals surface area contributed by atoms with Crippen LogP contribution in [-0.2, 0) is 0 Å². The first kappa shape index (κ1) is 21.9. The average molecular weight is 467 g/mol. The van der Waals surface area contributed by atoms with E-state index in [2.05, 4.69) is 0 Å². The number of para-hydroxylation sites is 1. The largest absolute Gasteiger partial charge is 0.494 e. The summed E-state index contributed by atoms with van der Waals surface area (Å²) in [6, 6.07) is 28.2. The molecule has 5 rings (SSSR count). The zero-order valence-corrected chi connectivity index (χ0v) is 19.4. The van der Waals surface area contributed by atoms with Gasteiger partial charge in [0.2, 0.25) is 0 Å². The van der Waals surface area contributed by atoms with Crippen molar-refractivity contribution in [3.05, 3.63) is 107 Å². The van der Waals surface area contributed by atoms with Gasteiger partial charge in [0.25, 0.3) is 5.56 Å². The molecule has 0 amide bonds. The Hall–Kier alpha value is -3.90. The van der Waals surface area contributed by atoms with Crippen molar-refractivity contribution in [2.45, 2.75) is 12.1 Å². The van der Waals surface area contributed by atoms with E-state index in [9.17, 15) is 9.59 Å². The van der Waals surface area contributed by atoms with E-state index in [4.69, 9.17) is 9.72 Å². The first-order valence-corrected chi connectivity index (χ1v) is 12.0. The quantitative estimate of drug-likeness (QED) is 0.169. The number of carbonyl (C=O) groups is 1. The van der Waals surface area contributed by atoms with Crippen LogP contribution in [0.25, 0.3) is 27.4 Å². The molecule has 0 unspecified atom stereocenters. The number of fused-ring (bicyclic) bond motifs is 2. The van der Waals surface area contributed by atoms with E-state index in [1.807, 2.05) is 91.9 Å². The molecule has 0 saturated carbocycles. The van der Waals surface area contributed by atoms with Gasteiger partial charge in [0.05, 0.1) is 29.0 Å². The number of rotatable bonds is 7. The number of ether oxygens (including phenoxy) is 1. The first-order chi connectivity index (χ1) is 16.6. The van der Waals surface area contributed by atoms with Crippen molar-refractivity contribution in [2.75, 3.05) is 12.4 Å². The molecule has 0 aliphatic carbocycles. The van der Waals surface area contributed by atoms with Gasteiger partial charge in [-0.25, -0.2) is 4.98 Å². The van der Waals surface area contributed by atoms with Crippen LogP contribution in [0.2, 0.25) is 0 Å². The molecular weight excluding hydrogens is 444 g/mol. The van der Waals surface area contributed by atoms with Crippen LogP contribution in [-0.4, -0.2) is 27.7 Å². The highest BCUT2D eigenvalue weighted by Gasteiger charge is 2.16. The molecule has 0 fully saturated rings. The number of aromatic nitrogens is 2. The Morgan fingerprint density at radius 2 is 1.65 bits per heavy atom. The highest BCUT2D eigenvalue weighted by Crippen LogP contribution is 2.24. The molecule has 0 radical (unpaired) electrons. The van der Waals surface area contributed by atoms with Crippen LogP contribution in [0, 0.1) is 0 Å². The summed E-state index contributed by atoms with van der Waals surface area (Å²) < 4.78 is 7.10. The lowest BCUT2D eigenvalue weighted by Gasteiger charge is -2.14. The maximum atomic E-state index is 13.4. The molecule has 168 valence electrons. The highest BCUT2D eigenvalue weighted by atomic mass is 32.2. The third-order valence-electron chi connectivity index (χ3n) is 5.55. The standard InChI is InChI=1S/C28H22N2O3S/c1-2-33-23-15-13-22(14-16-23)30-27(32)24-9-5-6-10-25(24)29-28(30)34-18-26(31)21-12-11-19-7-3-4-8-20(19)17-21/h3-17H,2,18H2,1H3. The molecule has 0 aliphatic rings. The summed E-state index contributed by atoms with van der Waals surface area (Å²) in [5.74, 6) is 0.880. The predicted octanol–water partition coefficient (Wildman–Crippen LogP) is 5.91. The molecule has 0 atom stereocenters. The Balaban J connectivity index is 1.50. The zero-order valence-electron chi connectivity index (χ0n) is 18.6. The lowest BCUT2D eigenvalue weighted by molar-refractivity contribution is 0.102. The third-order valence-corrected chi connectivity index (χ3v) is 6.49. The topological polar surface area (TPSA) is 61.2 Å². The molecule has 6 heteroatoms. The molecule has 34 heavy (non-hydrogen) atoms. The van der Waals surface area contributed by atoms with Crippen LogP contribution in [0.1, 0.15) is 17.3 Å². The maximum absolute atomic E-state index is 13.4. The molecule has 0 saturated heterocycles. The van der Waals surface area contributed by atoms with E-state index >= 15 is 0 Å². The molecule has 5 nitrogen and oxygen atoms in total. The van der Waals surface area contributed by atoms with Gasteiger partial charge in [-0.3, -0.25) is 14.2 Å². The Morgan fingerprint density at radius 1 is 0.912 bits per heavy atom. The van der Waals surface area contributed by atoms with Crippen molar-refractivity contribution in [3.63, 3.8) is 0 Å². The fourth-order valence-corrected chi connectivity index (χ4v) is 4.78. The maximum Gasteiger partial charge on any atom is 0.266 e. The number of hydrogen-bond donors (Lipinski definition) is 0. The SMILES string of the molecule is CCOc1ccc(-n2c(SCC(=O)c3ccc4ccccc4c3)nc3ccccc3c2=O)cc1. The monoisotopic (exact) mass is 466 g/mol. The minimum atomic E-state index is -0.171. The average Bonchev–Trinajstić information content (AvgIpc) is 2.88. The summed E-state index contributed by atoms with van der Waals surface area (Å²) in [5, 5.41) is 3.12. The second-order valence-corrected chi connectivity index (χ2v) is 8.70. The molecule has 1 heterocycles. The highest BCUT2D eigenvalue weighted by molar-refractivity contribution is 7.99. The predicted molar refractivity (Wildman–Crippen MR) is 138 cm³/mol. The zero-order chi connectivity index (χ0) is 23.5. The van der Waals surface area contributed by atoms with E-state index in [1.54, 1.807) is 10.6 Å². The normalized spacial score (nSPS) is 11.1. The number of benzene rings is 4. The number of nitrogens with zero attached hydrogens (tertiary/aromatic N) is 2. The molecule has 0 N–H and O–H groups in total. The van der Waals surface area contributed by atoms with Gasteiger partial charge < -0.3 is 4.74 Å². The number of hydrogen-bond acceptors (Lipinski definition) is 5. The van der Waals surface area contributed by atoms with E-state index in [0.29, 0.717) is 33.9 Å². The minimum absolute atomic E-state index is 0.0172. The summed E-state index contributed by atoms with van der Waals surface area (Å²) in [6.45, 7) is 2.49. The molecule has 1 aromatic heterocycles. The molecule has 0 spiro atoms. The van der Waals surface area contributed by atoms with Crippen LogP contribution in [0.5, 0.6) is 5.75 Å². The van der Waals surface area contributed by atoms with Crippen molar-refractivity contribution < 1.29 is 9.53 Å². The van der Waals surface area contributed by atoms with Crippen LogP contribution in [0.3, 0.4) is 0 Å². The Kier molecular flexibility index (Phi) is 6.14. The second kappa shape index (κ2) is 9.53. The lowest BCUT2D eigenvalue weighted by atomic mass is 10.1. The summed E-state index contributed by atoms with van der Waals surface area (Å²) in [6.07, 6.45) is 0. The van der Waals surface area contributed by atoms with Crippen LogP contribution >= 0.6 is 11.8 Å². The molecular formula is C28H22N2O3S. The number of carbonyl (C=O) groups excluding carboxylic acids is 1. The van der Waals surface area contributed by atoms with Gasteiger partial charge in [-0.1, -0.05) is 60.3 Å². The van der Waals surface area contributed by atoms with Gasteiger partial charge in [-0.2, -0.15) is 0 Å². The van der Waals surface area contributed by atoms with Crippen LogP contribution < -0.4 is 10.3 Å². The fourth-order valence-electron chi connectivity index (χ4n) is 3.87. The Morgan fingerprint density at radius 3 is 2.44 bits per heavy atom. The van der Waals surface area contributed by atoms with Crippen molar-refractivity contribution in [1.29, 1.82) is 0 Å². The van der Waals surface area contributed by atoms with E-state index in [0.717, 1.165) is 16.5 Å². The summed E-state index contributed by atoms with van der Waals surface area (Å²) in [4.78, 5) is 31.2. The Bertz CT molecular complexity index is 1560. The van der Waals surface area contributed by atoms with Crippen molar-refractivity contribution in [3.8, 4) is 11.4 Å². The van der Waals surface area contributed by atoms with E-state index in [-0.39, 0.29) is 17.1 Å². The molecule has 0 bridgehead atoms. The van der Waals surface area contributed by atoms with Gasteiger partial charge in [-0.15, -0.1) is 0 Å². The summed E-state index contributed by atoms with van der Waals surface area (Å²) in [7, 11) is 0. The van der Waals surface area contributed by atoms with Crippen molar-refractivity contribution in [1.82, 2.24) is 9.55 Å². The van der Waals surface area contributed by atoms with Crippen LogP contribution in [0.15, 0.2) is 101 Å². The van der Waals surface area contributed by atoms with Crippen molar-refractivity contribution >= 4 is 39.2 Å². The van der Waals surface area contributed by atoms with E-state index < -0.39 is 0 Å². The van der Waals surface area contributed by atoms with Gasteiger partial charge in [-0.05, 0) is 60.2 Å². The third kappa shape index (κ3) is 4.32. The molecule has 4 aromatic carbocycles. The van der Waals surface area contributed by atoms with E-state index in [1.165, 1.54) is 11.8 Å². The number of Topliss-reactive ketones (excluding diaryl/α,β-unsaturated/α-hetero) is 1. The summed E-state index contributed by atoms with van der Waals surface area (Å²) >= 11 is 1.26. The van der Waals surface area contributed by atoms with Gasteiger partial charge in [0, 0.05) is 5.56 Å². The first-order valence-electron chi connectivity index (χ1n) is 11.0. The molecule has 0 aliphatic heterocycles. The fraction of sp³-hybridized carbons (Fsp3) is 0.107. The lowest BCUT2D eigenvalue weighted by Crippen LogP contribution is -2.22. The number of ketones is 1. The summed E-state index contributed by atoms with van der Waals surface area (Å²) in [5.41, 5.74) is 1.75. The Labute approximate surface area is 201 Å². The van der Waals surface area contributed by atoms with Crippen molar-refractivity contribution in [2.24, 2.45) is 0 Å². The minimum Gasteiger partial charge on any atom is -0.494 e. The molecule has 5 aromatic rings. The van der Waals surface area contributed by atoms with Gasteiger partial charge >= 0.3 is 0 Å². The smallest absolute Gasteiger partial charge is 0.266 e.